The summed E-state index contributed by atoms with van der Waals surface area (Å²) in [5.41, 5.74) is 5.31. The summed E-state index contributed by atoms with van der Waals surface area (Å²) in [4.78, 5) is 36.1. The van der Waals surface area contributed by atoms with Crippen LogP contribution in [-0.2, 0) is 14.4 Å². The molecule has 0 saturated heterocycles. The number of carbonyl (C=O) groups is 3. The summed E-state index contributed by atoms with van der Waals surface area (Å²) in [5, 5.41) is 29.8. The second kappa shape index (κ2) is 7.44. The molecule has 0 aromatic rings. The number of amides is 1. The maximum absolute atomic E-state index is 10.9. The largest absolute Gasteiger partial charge is 0.479 e. The summed E-state index contributed by atoms with van der Waals surface area (Å²) in [5.74, 6) is -2.31. The minimum absolute atomic E-state index is 0.0427. The Morgan fingerprint density at radius 1 is 1.32 bits per heavy atom. The Hall–Kier alpha value is -2.00. The van der Waals surface area contributed by atoms with Gasteiger partial charge >= 0.3 is 5.97 Å². The van der Waals surface area contributed by atoms with Crippen molar-refractivity contribution in [2.75, 3.05) is 0 Å². The molecule has 4 atom stereocenters. The molecular formula is C10H17N3O6. The molecule has 9 heteroatoms. The molecule has 0 unspecified atom stereocenters. The fourth-order valence-corrected chi connectivity index (χ4v) is 1.37. The van der Waals surface area contributed by atoms with Crippen LogP contribution in [0.2, 0.25) is 0 Å². The summed E-state index contributed by atoms with van der Waals surface area (Å²) in [6.45, 7) is 2.48. The van der Waals surface area contributed by atoms with Crippen molar-refractivity contribution in [2.24, 2.45) is 10.7 Å². The Morgan fingerprint density at radius 2 is 1.84 bits per heavy atom. The van der Waals surface area contributed by atoms with Crippen molar-refractivity contribution >= 4 is 24.0 Å². The van der Waals surface area contributed by atoms with Crippen LogP contribution in [0, 0.1) is 0 Å². The predicted octanol–water partition coefficient (Wildman–Crippen LogP) is -2.76. The Bertz CT molecular complexity index is 379. The van der Waals surface area contributed by atoms with Crippen LogP contribution >= 0.6 is 0 Å². The first-order valence-electron chi connectivity index (χ1n) is 5.32. The molecule has 1 amide bonds. The van der Waals surface area contributed by atoms with Gasteiger partial charge in [0.1, 0.15) is 24.5 Å². The Labute approximate surface area is 109 Å². The Kier molecular flexibility index (Phi) is 6.66. The van der Waals surface area contributed by atoms with Crippen LogP contribution in [0.4, 0.5) is 0 Å². The van der Waals surface area contributed by atoms with Crippen LogP contribution in [0.25, 0.3) is 0 Å². The fourth-order valence-electron chi connectivity index (χ4n) is 1.37. The zero-order chi connectivity index (χ0) is 15.2. The van der Waals surface area contributed by atoms with Crippen LogP contribution in [0.3, 0.4) is 0 Å². The molecule has 0 saturated carbocycles. The number of rotatable bonds is 7. The molecule has 0 bridgehead atoms. The van der Waals surface area contributed by atoms with E-state index < -0.39 is 36.2 Å². The van der Waals surface area contributed by atoms with E-state index in [4.69, 9.17) is 10.8 Å². The van der Waals surface area contributed by atoms with E-state index in [-0.39, 0.29) is 12.1 Å². The fraction of sp³-hybridized carbons (Fsp3) is 0.600. The van der Waals surface area contributed by atoms with Gasteiger partial charge in [-0.05, 0) is 6.92 Å². The molecule has 0 spiro atoms. The quantitative estimate of drug-likeness (QED) is 0.191. The molecule has 9 nitrogen and oxygen atoms in total. The number of nitrogens with zero attached hydrogens (tertiary/aromatic N) is 1. The highest BCUT2D eigenvalue weighted by Gasteiger charge is 2.36. The lowest BCUT2D eigenvalue weighted by molar-refractivity contribution is -0.154. The molecule has 0 fully saturated rings. The smallest absolute Gasteiger partial charge is 0.335 e. The first-order valence-corrected chi connectivity index (χ1v) is 5.32. The van der Waals surface area contributed by atoms with E-state index in [1.165, 1.54) is 6.92 Å². The van der Waals surface area contributed by atoms with Crippen LogP contribution in [0.15, 0.2) is 4.99 Å². The normalized spacial score (nSPS) is 18.0. The second-order valence-electron chi connectivity index (χ2n) is 3.90. The number of amidine groups is 1. The van der Waals surface area contributed by atoms with Crippen molar-refractivity contribution in [1.29, 1.82) is 0 Å². The monoisotopic (exact) mass is 275 g/mol. The highest BCUT2D eigenvalue weighted by atomic mass is 16.4. The molecule has 6 N–H and O–H groups in total. The highest BCUT2D eigenvalue weighted by Crippen LogP contribution is 2.09. The van der Waals surface area contributed by atoms with E-state index in [9.17, 15) is 24.6 Å². The summed E-state index contributed by atoms with van der Waals surface area (Å²) >= 11 is 0. The van der Waals surface area contributed by atoms with Gasteiger partial charge in [0.2, 0.25) is 5.91 Å². The summed E-state index contributed by atoms with van der Waals surface area (Å²) in [6.07, 6.45) is -3.79. The third kappa shape index (κ3) is 5.44. The molecule has 0 aliphatic heterocycles. The predicted molar refractivity (Wildman–Crippen MR) is 64.4 cm³/mol. The van der Waals surface area contributed by atoms with Gasteiger partial charge in [0, 0.05) is 6.92 Å². The van der Waals surface area contributed by atoms with Crippen molar-refractivity contribution < 1.29 is 29.7 Å². The average molecular weight is 275 g/mol. The van der Waals surface area contributed by atoms with Crippen molar-refractivity contribution in [3.8, 4) is 0 Å². The van der Waals surface area contributed by atoms with E-state index in [1.54, 1.807) is 0 Å². The number of carboxylic acids is 1. The molecule has 0 radical (unpaired) electrons. The number of nitrogens with one attached hydrogen (secondary N) is 1. The average Bonchev–Trinajstić information content (AvgIpc) is 2.30. The van der Waals surface area contributed by atoms with Gasteiger partial charge in [0.15, 0.2) is 6.10 Å². The molecule has 0 aliphatic rings. The van der Waals surface area contributed by atoms with Crippen LogP contribution in [0.5, 0.6) is 0 Å². The Balaban J connectivity index is 5.29. The summed E-state index contributed by atoms with van der Waals surface area (Å²) < 4.78 is 0. The number of aldehydes is 1. The number of hydrogen-bond acceptors (Lipinski definition) is 6. The lowest BCUT2D eigenvalue weighted by Gasteiger charge is -2.26. The number of carbonyl (C=O) groups excluding carboxylic acids is 2. The van der Waals surface area contributed by atoms with Gasteiger partial charge in [-0.1, -0.05) is 0 Å². The molecule has 0 aliphatic carbocycles. The van der Waals surface area contributed by atoms with Gasteiger partial charge < -0.3 is 31.2 Å². The lowest BCUT2D eigenvalue weighted by Crippen LogP contribution is -2.53. The number of aliphatic hydroxyl groups is 2. The van der Waals surface area contributed by atoms with Gasteiger partial charge in [-0.2, -0.15) is 0 Å². The summed E-state index contributed by atoms with van der Waals surface area (Å²) in [6, 6.07) is -2.71. The molecule has 108 valence electrons. The van der Waals surface area contributed by atoms with Crippen molar-refractivity contribution in [3.05, 3.63) is 0 Å². The second-order valence-corrected chi connectivity index (χ2v) is 3.90. The minimum atomic E-state index is -2.16. The maximum Gasteiger partial charge on any atom is 0.335 e. The third-order valence-corrected chi connectivity index (χ3v) is 2.16. The van der Waals surface area contributed by atoms with Gasteiger partial charge in [-0.3, -0.25) is 9.79 Å². The van der Waals surface area contributed by atoms with Gasteiger partial charge in [-0.15, -0.1) is 0 Å². The molecule has 0 rings (SSSR count). The zero-order valence-electron chi connectivity index (χ0n) is 10.5. The topological polar surface area (TPSA) is 162 Å². The number of aliphatic carboxylic acids is 1. The van der Waals surface area contributed by atoms with Crippen LogP contribution in [0.1, 0.15) is 13.8 Å². The van der Waals surface area contributed by atoms with Crippen molar-refractivity contribution in [3.63, 3.8) is 0 Å². The first-order chi connectivity index (χ1) is 8.70. The molecule has 0 aromatic carbocycles. The standard InChI is InChI=1S/C10H17N3O6/c1-4(11)12-7(6(3-14)13-5(2)15)8(16)9(17)10(18)19/h3,6-9,16-17H,1-2H3,(H2,11,12)(H,13,15)(H,18,19)/t6-,7-,8+,9-/m1/s1. The number of nitrogens with two attached hydrogens (primary N) is 1. The zero-order valence-corrected chi connectivity index (χ0v) is 10.5. The minimum Gasteiger partial charge on any atom is -0.479 e. The van der Waals surface area contributed by atoms with E-state index in [2.05, 4.69) is 10.3 Å². The molecule has 0 heterocycles. The van der Waals surface area contributed by atoms with Crippen LogP contribution < -0.4 is 11.1 Å². The highest BCUT2D eigenvalue weighted by molar-refractivity contribution is 5.80. The first kappa shape index (κ1) is 17.0. The number of aliphatic imine (C=N–C) groups is 1. The van der Waals surface area contributed by atoms with Gasteiger partial charge in [-0.25, -0.2) is 4.79 Å². The Morgan fingerprint density at radius 3 is 2.16 bits per heavy atom. The maximum atomic E-state index is 10.9. The SMILES string of the molecule is CC(=O)N[C@H](C=O)[C@@H](N=C(C)N)[C@H](O)[C@@H](O)C(=O)O. The molecule has 19 heavy (non-hydrogen) atoms. The van der Waals surface area contributed by atoms with Gasteiger partial charge in [0.25, 0.3) is 0 Å². The van der Waals surface area contributed by atoms with Crippen molar-refractivity contribution in [1.82, 2.24) is 5.32 Å². The number of carboxylic acid groups (broad SMARTS) is 1. The third-order valence-electron chi connectivity index (χ3n) is 2.16. The number of hydrogen-bond donors (Lipinski definition) is 5. The van der Waals surface area contributed by atoms with E-state index in [0.717, 1.165) is 6.92 Å². The van der Waals surface area contributed by atoms with E-state index >= 15 is 0 Å². The van der Waals surface area contributed by atoms with E-state index in [0.29, 0.717) is 0 Å². The number of aliphatic hydroxyl groups excluding tert-OH is 2. The lowest BCUT2D eigenvalue weighted by atomic mass is 9.99. The van der Waals surface area contributed by atoms with Crippen LogP contribution in [-0.4, -0.2) is 63.6 Å². The van der Waals surface area contributed by atoms with Gasteiger partial charge in [0.05, 0.1) is 5.84 Å². The molecule has 0 aromatic heterocycles. The summed E-state index contributed by atoms with van der Waals surface area (Å²) in [7, 11) is 0. The molecular weight excluding hydrogens is 258 g/mol. The van der Waals surface area contributed by atoms with Crippen molar-refractivity contribution in [2.45, 2.75) is 38.1 Å². The van der Waals surface area contributed by atoms with E-state index in [1.807, 2.05) is 0 Å².